The summed E-state index contributed by atoms with van der Waals surface area (Å²) >= 11 is 3.49. The first-order valence-corrected chi connectivity index (χ1v) is 5.70. The van der Waals surface area contributed by atoms with Gasteiger partial charge in [0.05, 0.1) is 6.61 Å². The second-order valence-electron chi connectivity index (χ2n) is 3.51. The Bertz CT molecular complexity index is 327. The molecule has 0 aliphatic carbocycles. The zero-order chi connectivity index (χ0) is 9.97. The van der Waals surface area contributed by atoms with Crippen molar-refractivity contribution in [1.29, 1.82) is 0 Å². The van der Waals surface area contributed by atoms with Crippen molar-refractivity contribution in [3.8, 4) is 5.75 Å². The Kier molecular flexibility index (Phi) is 3.08. The van der Waals surface area contributed by atoms with Gasteiger partial charge in [-0.05, 0) is 38.1 Å². The summed E-state index contributed by atoms with van der Waals surface area (Å²) in [6, 6.07) is 6.62. The Morgan fingerprint density at radius 1 is 1.50 bits per heavy atom. The van der Waals surface area contributed by atoms with Crippen molar-refractivity contribution in [2.24, 2.45) is 0 Å². The fourth-order valence-corrected chi connectivity index (χ4v) is 2.23. The van der Waals surface area contributed by atoms with Gasteiger partial charge in [0.1, 0.15) is 5.75 Å². The molecule has 1 aliphatic heterocycles. The van der Waals surface area contributed by atoms with Crippen LogP contribution in [0.25, 0.3) is 0 Å². The van der Waals surface area contributed by atoms with Gasteiger partial charge in [0, 0.05) is 16.1 Å². The van der Waals surface area contributed by atoms with Crippen molar-refractivity contribution < 1.29 is 4.74 Å². The van der Waals surface area contributed by atoms with Crippen molar-refractivity contribution >= 4 is 15.9 Å². The number of ether oxygens (including phenoxy) is 1. The third-order valence-electron chi connectivity index (χ3n) is 2.59. The number of fused-ring (bicyclic) bond motifs is 1. The number of halogens is 1. The van der Waals surface area contributed by atoms with Crippen LogP contribution in [0.2, 0.25) is 0 Å². The van der Waals surface area contributed by atoms with Gasteiger partial charge in [0.2, 0.25) is 0 Å². The molecule has 1 aromatic carbocycles. The Labute approximate surface area is 92.8 Å². The minimum absolute atomic E-state index is 0.421. The Morgan fingerprint density at radius 2 is 2.36 bits per heavy atom. The van der Waals surface area contributed by atoms with Crippen LogP contribution in [0, 0.1) is 0 Å². The summed E-state index contributed by atoms with van der Waals surface area (Å²) in [6.45, 7) is 0.826. The molecule has 0 amide bonds. The van der Waals surface area contributed by atoms with Gasteiger partial charge in [-0.25, -0.2) is 0 Å². The number of nitrogens with one attached hydrogen (secondary N) is 1. The van der Waals surface area contributed by atoms with E-state index in [-0.39, 0.29) is 0 Å². The highest BCUT2D eigenvalue weighted by molar-refractivity contribution is 9.10. The van der Waals surface area contributed by atoms with Gasteiger partial charge in [-0.2, -0.15) is 0 Å². The molecule has 0 spiro atoms. The van der Waals surface area contributed by atoms with Crippen LogP contribution in [-0.4, -0.2) is 13.7 Å². The van der Waals surface area contributed by atoms with E-state index in [4.69, 9.17) is 4.74 Å². The average Bonchev–Trinajstić information content (AvgIpc) is 2.39. The summed E-state index contributed by atoms with van der Waals surface area (Å²) in [5.74, 6) is 1.02. The van der Waals surface area contributed by atoms with E-state index in [1.807, 2.05) is 19.2 Å². The van der Waals surface area contributed by atoms with Gasteiger partial charge < -0.3 is 10.1 Å². The summed E-state index contributed by atoms with van der Waals surface area (Å²) in [6.07, 6.45) is 2.25. The van der Waals surface area contributed by atoms with Crippen molar-refractivity contribution in [3.05, 3.63) is 28.2 Å². The predicted molar refractivity (Wildman–Crippen MR) is 60.7 cm³/mol. The van der Waals surface area contributed by atoms with E-state index in [2.05, 4.69) is 27.3 Å². The summed E-state index contributed by atoms with van der Waals surface area (Å²) in [4.78, 5) is 0. The maximum absolute atomic E-state index is 5.67. The van der Waals surface area contributed by atoms with Crippen LogP contribution in [0.1, 0.15) is 24.4 Å². The van der Waals surface area contributed by atoms with E-state index >= 15 is 0 Å². The van der Waals surface area contributed by atoms with Crippen LogP contribution in [0.4, 0.5) is 0 Å². The Hall–Kier alpha value is -0.540. The monoisotopic (exact) mass is 255 g/mol. The van der Waals surface area contributed by atoms with Gasteiger partial charge in [-0.15, -0.1) is 0 Å². The molecule has 1 N–H and O–H groups in total. The highest BCUT2D eigenvalue weighted by Gasteiger charge is 2.17. The van der Waals surface area contributed by atoms with Gasteiger partial charge >= 0.3 is 0 Å². The zero-order valence-electron chi connectivity index (χ0n) is 8.22. The Balaban J connectivity index is 2.40. The molecule has 2 rings (SSSR count). The van der Waals surface area contributed by atoms with E-state index in [1.54, 1.807) is 0 Å². The molecule has 14 heavy (non-hydrogen) atoms. The lowest BCUT2D eigenvalue weighted by Crippen LogP contribution is -2.15. The van der Waals surface area contributed by atoms with Gasteiger partial charge in [-0.1, -0.05) is 15.9 Å². The molecule has 0 radical (unpaired) electrons. The summed E-state index contributed by atoms with van der Waals surface area (Å²) < 4.78 is 6.79. The lowest BCUT2D eigenvalue weighted by molar-refractivity contribution is 0.315. The average molecular weight is 256 g/mol. The van der Waals surface area contributed by atoms with Gasteiger partial charge in [0.15, 0.2) is 0 Å². The summed E-state index contributed by atoms with van der Waals surface area (Å²) in [7, 11) is 2.00. The quantitative estimate of drug-likeness (QED) is 0.834. The first-order chi connectivity index (χ1) is 6.81. The molecular weight excluding hydrogens is 242 g/mol. The second kappa shape index (κ2) is 4.32. The minimum atomic E-state index is 0.421. The van der Waals surface area contributed by atoms with Crippen LogP contribution in [0.15, 0.2) is 22.7 Å². The smallest absolute Gasteiger partial charge is 0.124 e. The van der Waals surface area contributed by atoms with E-state index in [0.29, 0.717) is 6.04 Å². The fourth-order valence-electron chi connectivity index (χ4n) is 1.85. The largest absolute Gasteiger partial charge is 0.493 e. The van der Waals surface area contributed by atoms with Crippen molar-refractivity contribution in [1.82, 2.24) is 5.32 Å². The molecule has 0 fully saturated rings. The summed E-state index contributed by atoms with van der Waals surface area (Å²) in [5, 5.41) is 3.33. The van der Waals surface area contributed by atoms with Crippen molar-refractivity contribution in [2.75, 3.05) is 13.7 Å². The third kappa shape index (κ3) is 1.93. The predicted octanol–water partition coefficient (Wildman–Crippen LogP) is 2.88. The molecule has 1 heterocycles. The first-order valence-electron chi connectivity index (χ1n) is 4.91. The highest BCUT2D eigenvalue weighted by atomic mass is 79.9. The zero-order valence-corrected chi connectivity index (χ0v) is 9.80. The SMILES string of the molecule is CNC1CCCOc2ccc(Br)cc21. The van der Waals surface area contributed by atoms with Gasteiger partial charge in [0.25, 0.3) is 0 Å². The topological polar surface area (TPSA) is 21.3 Å². The van der Waals surface area contributed by atoms with Crippen molar-refractivity contribution in [2.45, 2.75) is 18.9 Å². The van der Waals surface area contributed by atoms with Crippen LogP contribution in [0.5, 0.6) is 5.75 Å². The third-order valence-corrected chi connectivity index (χ3v) is 3.08. The molecule has 0 aromatic heterocycles. The maximum Gasteiger partial charge on any atom is 0.124 e. The number of benzene rings is 1. The molecule has 76 valence electrons. The molecule has 1 unspecified atom stereocenters. The number of hydrogen-bond donors (Lipinski definition) is 1. The molecule has 0 saturated heterocycles. The molecular formula is C11H14BrNO. The lowest BCUT2D eigenvalue weighted by atomic mass is 10.0. The standard InChI is InChI=1S/C11H14BrNO/c1-13-10-3-2-6-14-11-5-4-8(12)7-9(10)11/h4-5,7,10,13H,2-3,6H2,1H3. The molecule has 3 heteroatoms. The number of hydrogen-bond acceptors (Lipinski definition) is 2. The molecule has 2 nitrogen and oxygen atoms in total. The van der Waals surface area contributed by atoms with Crippen LogP contribution in [-0.2, 0) is 0 Å². The Morgan fingerprint density at radius 3 is 3.14 bits per heavy atom. The van der Waals surface area contributed by atoms with E-state index in [9.17, 15) is 0 Å². The van der Waals surface area contributed by atoms with E-state index < -0.39 is 0 Å². The lowest BCUT2D eigenvalue weighted by Gasteiger charge is -2.15. The van der Waals surface area contributed by atoms with E-state index in [0.717, 1.165) is 29.7 Å². The minimum Gasteiger partial charge on any atom is -0.493 e. The van der Waals surface area contributed by atoms with Crippen LogP contribution < -0.4 is 10.1 Å². The first kappa shape index (κ1) is 9.99. The molecule has 1 atom stereocenters. The van der Waals surface area contributed by atoms with Crippen LogP contribution >= 0.6 is 15.9 Å². The maximum atomic E-state index is 5.67. The second-order valence-corrected chi connectivity index (χ2v) is 4.43. The molecule has 0 saturated carbocycles. The normalized spacial score (nSPS) is 20.9. The van der Waals surface area contributed by atoms with E-state index in [1.165, 1.54) is 5.56 Å². The molecule has 0 bridgehead atoms. The number of rotatable bonds is 1. The molecule has 1 aromatic rings. The molecule has 1 aliphatic rings. The van der Waals surface area contributed by atoms with Crippen molar-refractivity contribution in [3.63, 3.8) is 0 Å². The van der Waals surface area contributed by atoms with Crippen LogP contribution in [0.3, 0.4) is 0 Å². The highest BCUT2D eigenvalue weighted by Crippen LogP contribution is 2.33. The summed E-state index contributed by atoms with van der Waals surface area (Å²) in [5.41, 5.74) is 1.26. The van der Waals surface area contributed by atoms with Gasteiger partial charge in [-0.3, -0.25) is 0 Å². The fraction of sp³-hybridized carbons (Fsp3) is 0.455.